The summed E-state index contributed by atoms with van der Waals surface area (Å²) in [4.78, 5) is 26.2. The van der Waals surface area contributed by atoms with Gasteiger partial charge in [0.1, 0.15) is 6.04 Å². The fraction of sp³-hybridized carbons (Fsp3) is 0.680. The number of carbonyl (C=O) groups is 2. The van der Waals surface area contributed by atoms with Crippen LogP contribution in [0.4, 0.5) is 0 Å². The van der Waals surface area contributed by atoms with Crippen molar-refractivity contribution in [2.45, 2.75) is 63.4 Å². The summed E-state index contributed by atoms with van der Waals surface area (Å²) in [7, 11) is -3.71. The molecule has 1 heterocycles. The lowest BCUT2D eigenvalue weighted by Crippen LogP contribution is -2.53. The summed E-state index contributed by atoms with van der Waals surface area (Å²) in [5.74, 6) is 1.25. The molecule has 1 aromatic rings. The Labute approximate surface area is 202 Å². The van der Waals surface area contributed by atoms with Crippen LogP contribution < -0.4 is 10.6 Å². The fourth-order valence-corrected chi connectivity index (χ4v) is 7.28. The molecule has 2 N–H and O–H groups in total. The number of carbonyl (C=O) groups excluding carboxylic acids is 2. The predicted molar refractivity (Wildman–Crippen MR) is 129 cm³/mol. The number of amides is 2. The molecular weight excluding hydrogens is 454 g/mol. The molecule has 1 aromatic carbocycles. The zero-order valence-electron chi connectivity index (χ0n) is 20.3. The molecule has 2 saturated carbocycles. The Bertz CT molecular complexity index is 1010. The van der Waals surface area contributed by atoms with Crippen LogP contribution in [0, 0.1) is 23.7 Å². The van der Waals surface area contributed by atoms with Crippen molar-refractivity contribution in [1.29, 1.82) is 0 Å². The normalized spacial score (nSPS) is 26.9. The average Bonchev–Trinajstić information content (AvgIpc) is 3.46. The van der Waals surface area contributed by atoms with Crippen molar-refractivity contribution < 1.29 is 22.7 Å². The SMILES string of the molecule is CC(C)C(NC(=O)c1cccc(S(=O)(=O)N2CCOCC2)c1)C(=O)NC(C)C1CC2CCC1C2. The molecule has 2 aliphatic carbocycles. The van der Waals surface area contributed by atoms with Gasteiger partial charge in [0.05, 0.1) is 18.1 Å². The molecule has 5 atom stereocenters. The van der Waals surface area contributed by atoms with Gasteiger partial charge in [0.2, 0.25) is 15.9 Å². The number of benzene rings is 1. The lowest BCUT2D eigenvalue weighted by atomic mass is 9.84. The molecular formula is C25H37N3O5S. The van der Waals surface area contributed by atoms with E-state index in [1.54, 1.807) is 12.1 Å². The van der Waals surface area contributed by atoms with Gasteiger partial charge in [0.25, 0.3) is 5.91 Å². The Morgan fingerprint density at radius 3 is 2.41 bits per heavy atom. The number of fused-ring (bicyclic) bond motifs is 2. The van der Waals surface area contributed by atoms with Crippen LogP contribution >= 0.6 is 0 Å². The van der Waals surface area contributed by atoms with Crippen molar-refractivity contribution in [2.75, 3.05) is 26.3 Å². The van der Waals surface area contributed by atoms with E-state index in [1.807, 2.05) is 13.8 Å². The van der Waals surface area contributed by atoms with Gasteiger partial charge in [-0.3, -0.25) is 9.59 Å². The zero-order chi connectivity index (χ0) is 24.5. The van der Waals surface area contributed by atoms with Crippen molar-refractivity contribution in [3.63, 3.8) is 0 Å². The topological polar surface area (TPSA) is 105 Å². The van der Waals surface area contributed by atoms with Gasteiger partial charge in [-0.25, -0.2) is 8.42 Å². The minimum absolute atomic E-state index is 0.0671. The number of nitrogens with one attached hydrogen (secondary N) is 2. The van der Waals surface area contributed by atoms with Gasteiger partial charge in [0, 0.05) is 24.7 Å². The van der Waals surface area contributed by atoms with E-state index in [4.69, 9.17) is 4.74 Å². The first-order valence-corrected chi connectivity index (χ1v) is 13.9. The number of hydrogen-bond donors (Lipinski definition) is 2. The molecule has 1 saturated heterocycles. The summed E-state index contributed by atoms with van der Waals surface area (Å²) in [5, 5.41) is 6.00. The van der Waals surface area contributed by atoms with E-state index in [2.05, 4.69) is 17.6 Å². The highest BCUT2D eigenvalue weighted by Crippen LogP contribution is 2.49. The molecule has 8 nitrogen and oxygen atoms in total. The third-order valence-corrected chi connectivity index (χ3v) is 9.64. The van der Waals surface area contributed by atoms with Crippen LogP contribution in [0.3, 0.4) is 0 Å². The van der Waals surface area contributed by atoms with E-state index in [0.29, 0.717) is 25.0 Å². The summed E-state index contributed by atoms with van der Waals surface area (Å²) < 4.78 is 32.6. The number of ether oxygens (including phenoxy) is 1. The Kier molecular flexibility index (Phi) is 7.64. The number of sulfonamides is 1. The van der Waals surface area contributed by atoms with Crippen molar-refractivity contribution in [2.24, 2.45) is 23.7 Å². The lowest BCUT2D eigenvalue weighted by molar-refractivity contribution is -0.125. The highest BCUT2D eigenvalue weighted by Gasteiger charge is 2.42. The van der Waals surface area contributed by atoms with Crippen molar-refractivity contribution in [1.82, 2.24) is 14.9 Å². The van der Waals surface area contributed by atoms with E-state index in [0.717, 1.165) is 5.92 Å². The maximum Gasteiger partial charge on any atom is 0.251 e. The van der Waals surface area contributed by atoms with Crippen molar-refractivity contribution in [3.05, 3.63) is 29.8 Å². The first-order valence-electron chi connectivity index (χ1n) is 12.5. The number of hydrogen-bond acceptors (Lipinski definition) is 5. The van der Waals surface area contributed by atoms with E-state index in [1.165, 1.54) is 42.1 Å². The van der Waals surface area contributed by atoms with Gasteiger partial charge in [-0.2, -0.15) is 4.31 Å². The van der Waals surface area contributed by atoms with Gasteiger partial charge in [-0.05, 0) is 68.1 Å². The molecule has 0 spiro atoms. The van der Waals surface area contributed by atoms with Crippen LogP contribution in [-0.2, 0) is 19.6 Å². The summed E-state index contributed by atoms with van der Waals surface area (Å²) in [6.07, 6.45) is 5.02. The van der Waals surface area contributed by atoms with Crippen LogP contribution in [0.15, 0.2) is 29.2 Å². The van der Waals surface area contributed by atoms with Gasteiger partial charge in [-0.1, -0.05) is 26.3 Å². The molecule has 0 aromatic heterocycles. The minimum atomic E-state index is -3.71. The van der Waals surface area contributed by atoms with Crippen LogP contribution in [0.1, 0.15) is 56.8 Å². The maximum absolute atomic E-state index is 13.1. The Morgan fingerprint density at radius 1 is 1.06 bits per heavy atom. The molecule has 34 heavy (non-hydrogen) atoms. The quantitative estimate of drug-likeness (QED) is 0.581. The van der Waals surface area contributed by atoms with E-state index < -0.39 is 22.0 Å². The zero-order valence-corrected chi connectivity index (χ0v) is 21.1. The summed E-state index contributed by atoms with van der Waals surface area (Å²) in [5.41, 5.74) is 0.217. The lowest BCUT2D eigenvalue weighted by Gasteiger charge is -2.31. The molecule has 2 amide bonds. The first kappa shape index (κ1) is 25.1. The third-order valence-electron chi connectivity index (χ3n) is 7.74. The number of rotatable bonds is 8. The van der Waals surface area contributed by atoms with Crippen molar-refractivity contribution >= 4 is 21.8 Å². The van der Waals surface area contributed by atoms with Gasteiger partial charge < -0.3 is 15.4 Å². The molecule has 5 unspecified atom stereocenters. The standard InChI is InChI=1S/C25H37N3O5S/c1-16(2)23(25(30)26-17(3)22-14-18-7-8-19(22)13-18)27-24(29)20-5-4-6-21(15-20)34(31,32)28-9-11-33-12-10-28/h4-6,15-19,22-23H,7-14H2,1-3H3,(H,26,30)(H,27,29). The molecule has 3 fully saturated rings. The summed E-state index contributed by atoms with van der Waals surface area (Å²) >= 11 is 0. The third kappa shape index (κ3) is 5.31. The van der Waals surface area contributed by atoms with Crippen LogP contribution in [0.5, 0.6) is 0 Å². The molecule has 1 aliphatic heterocycles. The molecule has 3 aliphatic rings. The molecule has 0 radical (unpaired) electrons. The van der Waals surface area contributed by atoms with Crippen molar-refractivity contribution in [3.8, 4) is 0 Å². The first-order chi connectivity index (χ1) is 16.2. The predicted octanol–water partition coefficient (Wildman–Crippen LogP) is 2.40. The summed E-state index contributed by atoms with van der Waals surface area (Å²) in [6, 6.07) is 5.37. The van der Waals surface area contributed by atoms with Gasteiger partial charge in [-0.15, -0.1) is 0 Å². The number of nitrogens with zero attached hydrogens (tertiary/aromatic N) is 1. The van der Waals surface area contributed by atoms with Crippen LogP contribution in [-0.4, -0.2) is 62.9 Å². The second-order valence-electron chi connectivity index (χ2n) is 10.4. The monoisotopic (exact) mass is 491 g/mol. The van der Waals surface area contributed by atoms with Crippen LogP contribution in [0.25, 0.3) is 0 Å². The Morgan fingerprint density at radius 2 is 1.79 bits per heavy atom. The second kappa shape index (κ2) is 10.3. The van der Waals surface area contributed by atoms with Crippen LogP contribution in [0.2, 0.25) is 0 Å². The highest BCUT2D eigenvalue weighted by atomic mass is 32.2. The Balaban J connectivity index is 1.42. The highest BCUT2D eigenvalue weighted by molar-refractivity contribution is 7.89. The van der Waals surface area contributed by atoms with Gasteiger partial charge in [0.15, 0.2) is 0 Å². The minimum Gasteiger partial charge on any atom is -0.379 e. The molecule has 4 rings (SSSR count). The number of morpholine rings is 1. The fourth-order valence-electron chi connectivity index (χ4n) is 5.82. The smallest absolute Gasteiger partial charge is 0.251 e. The summed E-state index contributed by atoms with van der Waals surface area (Å²) in [6.45, 7) is 7.14. The molecule has 2 bridgehead atoms. The second-order valence-corrected chi connectivity index (χ2v) is 12.3. The maximum atomic E-state index is 13.1. The molecule has 9 heteroatoms. The largest absolute Gasteiger partial charge is 0.379 e. The van der Waals surface area contributed by atoms with Gasteiger partial charge >= 0.3 is 0 Å². The van der Waals surface area contributed by atoms with E-state index in [-0.39, 0.29) is 41.4 Å². The average molecular weight is 492 g/mol. The van der Waals surface area contributed by atoms with E-state index >= 15 is 0 Å². The van der Waals surface area contributed by atoms with E-state index in [9.17, 15) is 18.0 Å². The Hall–Kier alpha value is -1.97. The molecule has 188 valence electrons.